The van der Waals surface area contributed by atoms with Crippen LogP contribution >= 0.6 is 11.6 Å². The molecule has 1 aliphatic heterocycles. The van der Waals surface area contributed by atoms with Crippen LogP contribution in [0.2, 0.25) is 5.02 Å². The Balaban J connectivity index is 1.50. The first-order chi connectivity index (χ1) is 11.6. The Hall–Kier alpha value is -1.89. The largest absolute Gasteiger partial charge is 0.441 e. The standard InChI is InChI=1S/C17H19ClN2O4/c18-13-4-2-1-3-12(13)14-9-19-16(24-14)6-5-15(21)20-10-17(22)7-8-23-11-17/h1-4,9,22H,5-8,10-11H2,(H,20,21). The van der Waals surface area contributed by atoms with Crippen molar-refractivity contribution in [1.29, 1.82) is 0 Å². The maximum atomic E-state index is 11.9. The number of carbonyl (C=O) groups is 1. The number of ether oxygens (including phenoxy) is 1. The van der Waals surface area contributed by atoms with Crippen LogP contribution in [0, 0.1) is 0 Å². The van der Waals surface area contributed by atoms with Gasteiger partial charge in [-0.25, -0.2) is 4.98 Å². The fraction of sp³-hybridized carbons (Fsp3) is 0.412. The second-order valence-corrected chi connectivity index (χ2v) is 6.31. The summed E-state index contributed by atoms with van der Waals surface area (Å²) in [5.74, 6) is 0.893. The van der Waals surface area contributed by atoms with E-state index in [-0.39, 0.29) is 25.5 Å². The van der Waals surface area contributed by atoms with Gasteiger partial charge in [0.1, 0.15) is 5.60 Å². The molecule has 6 nitrogen and oxygen atoms in total. The van der Waals surface area contributed by atoms with E-state index in [9.17, 15) is 9.90 Å². The number of aryl methyl sites for hydroxylation is 1. The first kappa shape index (κ1) is 17.0. The summed E-state index contributed by atoms with van der Waals surface area (Å²) in [4.78, 5) is 16.1. The van der Waals surface area contributed by atoms with Gasteiger partial charge in [-0.05, 0) is 12.1 Å². The lowest BCUT2D eigenvalue weighted by Crippen LogP contribution is -2.43. The zero-order valence-electron chi connectivity index (χ0n) is 13.1. The number of nitrogens with one attached hydrogen (secondary N) is 1. The topological polar surface area (TPSA) is 84.6 Å². The molecule has 1 unspecified atom stereocenters. The summed E-state index contributed by atoms with van der Waals surface area (Å²) in [5.41, 5.74) is -0.179. The molecule has 0 radical (unpaired) electrons. The summed E-state index contributed by atoms with van der Waals surface area (Å²) in [5, 5.41) is 13.4. The highest BCUT2D eigenvalue weighted by Gasteiger charge is 2.32. The molecular formula is C17H19ClN2O4. The quantitative estimate of drug-likeness (QED) is 0.834. The summed E-state index contributed by atoms with van der Waals surface area (Å²) >= 11 is 6.13. The van der Waals surface area contributed by atoms with E-state index in [1.54, 1.807) is 12.3 Å². The zero-order chi connectivity index (χ0) is 17.0. The van der Waals surface area contributed by atoms with Crippen LogP contribution in [0.5, 0.6) is 0 Å². The monoisotopic (exact) mass is 350 g/mol. The number of carbonyl (C=O) groups excluding carboxylic acids is 1. The minimum absolute atomic E-state index is 0.159. The normalized spacial score (nSPS) is 20.2. The van der Waals surface area contributed by atoms with E-state index in [1.165, 1.54) is 0 Å². The smallest absolute Gasteiger partial charge is 0.220 e. The molecule has 3 rings (SSSR count). The van der Waals surface area contributed by atoms with E-state index in [0.717, 1.165) is 5.56 Å². The van der Waals surface area contributed by atoms with Gasteiger partial charge in [0.2, 0.25) is 5.91 Å². The van der Waals surface area contributed by atoms with Gasteiger partial charge >= 0.3 is 0 Å². The van der Waals surface area contributed by atoms with Crippen LogP contribution < -0.4 is 5.32 Å². The fourth-order valence-electron chi connectivity index (χ4n) is 2.52. The number of aromatic nitrogens is 1. The van der Waals surface area contributed by atoms with Gasteiger partial charge < -0.3 is 19.6 Å². The Morgan fingerprint density at radius 1 is 1.42 bits per heavy atom. The number of nitrogens with zero attached hydrogens (tertiary/aromatic N) is 1. The van der Waals surface area contributed by atoms with Gasteiger partial charge in [0.05, 0.1) is 17.8 Å². The predicted molar refractivity (Wildman–Crippen MR) is 88.7 cm³/mol. The molecule has 1 fully saturated rings. The molecule has 0 spiro atoms. The molecule has 0 saturated carbocycles. The number of benzene rings is 1. The summed E-state index contributed by atoms with van der Waals surface area (Å²) in [6.45, 7) is 0.976. The Morgan fingerprint density at radius 3 is 3.00 bits per heavy atom. The average Bonchev–Trinajstić information content (AvgIpc) is 3.21. The van der Waals surface area contributed by atoms with Crippen molar-refractivity contribution >= 4 is 17.5 Å². The Kier molecular flexibility index (Phi) is 5.18. The Morgan fingerprint density at radius 2 is 2.25 bits per heavy atom. The summed E-state index contributed by atoms with van der Waals surface area (Å²) in [6, 6.07) is 7.35. The molecule has 1 aromatic heterocycles. The van der Waals surface area contributed by atoms with Gasteiger partial charge in [0, 0.05) is 38.0 Å². The first-order valence-corrected chi connectivity index (χ1v) is 8.20. The number of hydrogen-bond acceptors (Lipinski definition) is 5. The molecule has 2 heterocycles. The van der Waals surface area contributed by atoms with Crippen molar-refractivity contribution in [2.24, 2.45) is 0 Å². The van der Waals surface area contributed by atoms with Gasteiger partial charge in [0.15, 0.2) is 11.7 Å². The lowest BCUT2D eigenvalue weighted by molar-refractivity contribution is -0.122. The van der Waals surface area contributed by atoms with Crippen LogP contribution in [-0.2, 0) is 16.0 Å². The maximum Gasteiger partial charge on any atom is 0.220 e. The Labute approximate surface area is 144 Å². The molecule has 24 heavy (non-hydrogen) atoms. The van der Waals surface area contributed by atoms with E-state index in [4.69, 9.17) is 20.8 Å². The molecule has 1 aromatic carbocycles. The summed E-state index contributed by atoms with van der Waals surface area (Å²) in [7, 11) is 0. The highest BCUT2D eigenvalue weighted by atomic mass is 35.5. The number of amides is 1. The van der Waals surface area contributed by atoms with Crippen molar-refractivity contribution in [2.75, 3.05) is 19.8 Å². The van der Waals surface area contributed by atoms with Gasteiger partial charge in [-0.2, -0.15) is 0 Å². The minimum Gasteiger partial charge on any atom is -0.441 e. The van der Waals surface area contributed by atoms with Crippen LogP contribution in [0.15, 0.2) is 34.9 Å². The van der Waals surface area contributed by atoms with Crippen LogP contribution in [-0.4, -0.2) is 41.4 Å². The number of rotatable bonds is 6. The van der Waals surface area contributed by atoms with Crippen LogP contribution in [0.25, 0.3) is 11.3 Å². The van der Waals surface area contributed by atoms with Crippen molar-refractivity contribution in [3.05, 3.63) is 41.4 Å². The average molecular weight is 351 g/mol. The lowest BCUT2D eigenvalue weighted by atomic mass is 10.0. The van der Waals surface area contributed by atoms with Crippen LogP contribution in [0.4, 0.5) is 0 Å². The number of oxazole rings is 1. The maximum absolute atomic E-state index is 11.9. The molecule has 1 saturated heterocycles. The highest BCUT2D eigenvalue weighted by Crippen LogP contribution is 2.28. The number of aliphatic hydroxyl groups is 1. The molecule has 1 atom stereocenters. The van der Waals surface area contributed by atoms with E-state index in [2.05, 4.69) is 10.3 Å². The number of hydrogen-bond donors (Lipinski definition) is 2. The molecule has 1 aliphatic rings. The predicted octanol–water partition coefficient (Wildman–Crippen LogP) is 2.20. The molecule has 0 aliphatic carbocycles. The van der Waals surface area contributed by atoms with E-state index in [0.29, 0.717) is 36.1 Å². The Bertz CT molecular complexity index is 710. The SMILES string of the molecule is O=C(CCc1ncc(-c2ccccc2Cl)o1)NCC1(O)CCOC1. The van der Waals surface area contributed by atoms with Crippen molar-refractivity contribution in [2.45, 2.75) is 24.9 Å². The minimum atomic E-state index is -0.949. The van der Waals surface area contributed by atoms with Crippen molar-refractivity contribution in [3.8, 4) is 11.3 Å². The molecule has 7 heteroatoms. The molecular weight excluding hydrogens is 332 g/mol. The molecule has 1 amide bonds. The highest BCUT2D eigenvalue weighted by molar-refractivity contribution is 6.33. The first-order valence-electron chi connectivity index (χ1n) is 7.82. The third kappa shape index (κ3) is 4.14. The summed E-state index contributed by atoms with van der Waals surface area (Å²) in [6.07, 6.45) is 2.76. The van der Waals surface area contributed by atoms with Gasteiger partial charge in [-0.3, -0.25) is 4.79 Å². The van der Waals surface area contributed by atoms with Gasteiger partial charge in [0.25, 0.3) is 0 Å². The van der Waals surface area contributed by atoms with Crippen molar-refractivity contribution in [3.63, 3.8) is 0 Å². The third-order valence-electron chi connectivity index (χ3n) is 3.96. The second kappa shape index (κ2) is 7.34. The fourth-order valence-corrected chi connectivity index (χ4v) is 2.75. The third-order valence-corrected chi connectivity index (χ3v) is 4.29. The second-order valence-electron chi connectivity index (χ2n) is 5.90. The molecule has 2 aromatic rings. The van der Waals surface area contributed by atoms with Crippen LogP contribution in [0.3, 0.4) is 0 Å². The lowest BCUT2D eigenvalue weighted by Gasteiger charge is -2.20. The molecule has 128 valence electrons. The number of halogens is 1. The summed E-state index contributed by atoms with van der Waals surface area (Å²) < 4.78 is 10.8. The van der Waals surface area contributed by atoms with Gasteiger partial charge in [-0.1, -0.05) is 23.7 Å². The molecule has 0 bridgehead atoms. The van der Waals surface area contributed by atoms with E-state index in [1.807, 2.05) is 18.2 Å². The van der Waals surface area contributed by atoms with Crippen LogP contribution in [0.1, 0.15) is 18.7 Å². The molecule has 2 N–H and O–H groups in total. The van der Waals surface area contributed by atoms with Crippen molar-refractivity contribution in [1.82, 2.24) is 10.3 Å². The van der Waals surface area contributed by atoms with Gasteiger partial charge in [-0.15, -0.1) is 0 Å². The zero-order valence-corrected chi connectivity index (χ0v) is 13.9. The van der Waals surface area contributed by atoms with E-state index < -0.39 is 5.60 Å². The van der Waals surface area contributed by atoms with Crippen molar-refractivity contribution < 1.29 is 19.1 Å². The van der Waals surface area contributed by atoms with E-state index >= 15 is 0 Å².